The third-order valence-corrected chi connectivity index (χ3v) is 2.08. The molecule has 90 valence electrons. The number of rotatable bonds is 4. The number of pyridine rings is 1. The molecular weight excluding hydrogens is 218 g/mol. The number of nitrogens with one attached hydrogen (secondary N) is 1. The second-order valence-corrected chi connectivity index (χ2v) is 4.31. The Morgan fingerprint density at radius 3 is 2.76 bits per heavy atom. The fraction of sp³-hybridized carbons (Fsp3) is 0.417. The zero-order valence-electron chi connectivity index (χ0n) is 10.2. The smallest absolute Gasteiger partial charge is 0.270 e. The van der Waals surface area contributed by atoms with Crippen LogP contribution in [-0.2, 0) is 4.74 Å². The lowest BCUT2D eigenvalue weighted by atomic mass is 10.1. The zero-order chi connectivity index (χ0) is 12.9. The molecule has 0 unspecified atom stereocenters. The number of amides is 1. The van der Waals surface area contributed by atoms with Crippen molar-refractivity contribution >= 4 is 5.91 Å². The molecule has 0 radical (unpaired) electrons. The maximum Gasteiger partial charge on any atom is 0.270 e. The minimum absolute atomic E-state index is 0.281. The van der Waals surface area contributed by atoms with E-state index in [1.807, 2.05) is 19.9 Å². The van der Waals surface area contributed by atoms with Crippen molar-refractivity contribution in [3.8, 4) is 6.07 Å². The van der Waals surface area contributed by atoms with Gasteiger partial charge in [-0.25, -0.2) is 4.98 Å². The van der Waals surface area contributed by atoms with Gasteiger partial charge in [0.05, 0.1) is 17.7 Å². The normalized spacial score (nSPS) is 10.7. The summed E-state index contributed by atoms with van der Waals surface area (Å²) < 4.78 is 5.00. The molecule has 0 aliphatic heterocycles. The molecule has 1 N–H and O–H groups in total. The van der Waals surface area contributed by atoms with Gasteiger partial charge in [-0.3, -0.25) is 4.79 Å². The zero-order valence-corrected chi connectivity index (χ0v) is 10.2. The summed E-state index contributed by atoms with van der Waals surface area (Å²) in [6, 6.07) is 5.03. The van der Waals surface area contributed by atoms with Crippen molar-refractivity contribution in [3.05, 3.63) is 29.6 Å². The molecule has 0 spiro atoms. The summed E-state index contributed by atoms with van der Waals surface area (Å²) in [6.07, 6.45) is 1.37. The van der Waals surface area contributed by atoms with Crippen LogP contribution in [0.4, 0.5) is 0 Å². The first-order chi connectivity index (χ1) is 7.98. The van der Waals surface area contributed by atoms with E-state index in [4.69, 9.17) is 10.00 Å². The number of carbonyl (C=O) groups is 1. The van der Waals surface area contributed by atoms with Crippen LogP contribution in [0.3, 0.4) is 0 Å². The molecule has 0 aliphatic rings. The van der Waals surface area contributed by atoms with Gasteiger partial charge in [0.15, 0.2) is 0 Å². The van der Waals surface area contributed by atoms with E-state index in [1.165, 1.54) is 12.3 Å². The van der Waals surface area contributed by atoms with Crippen molar-refractivity contribution in [2.24, 2.45) is 0 Å². The predicted octanol–water partition coefficient (Wildman–Crippen LogP) is 1.11. The Kier molecular flexibility index (Phi) is 4.18. The highest BCUT2D eigenvalue weighted by Gasteiger charge is 2.21. The van der Waals surface area contributed by atoms with E-state index in [-0.39, 0.29) is 11.6 Å². The van der Waals surface area contributed by atoms with Gasteiger partial charge in [-0.2, -0.15) is 5.26 Å². The highest BCUT2D eigenvalue weighted by Crippen LogP contribution is 2.05. The number of ether oxygens (including phenoxy) is 1. The number of aromatic nitrogens is 1. The molecule has 0 bridgehead atoms. The number of hydrogen-bond acceptors (Lipinski definition) is 4. The molecule has 0 atom stereocenters. The van der Waals surface area contributed by atoms with E-state index >= 15 is 0 Å². The largest absolute Gasteiger partial charge is 0.382 e. The van der Waals surface area contributed by atoms with Crippen LogP contribution in [-0.4, -0.2) is 30.1 Å². The lowest BCUT2D eigenvalue weighted by molar-refractivity contribution is 0.0815. The SMILES string of the molecule is COCC(C)(C)NC(=O)c1ccc(C#N)cn1. The first-order valence-electron chi connectivity index (χ1n) is 5.16. The molecule has 1 aromatic heterocycles. The summed E-state index contributed by atoms with van der Waals surface area (Å²) >= 11 is 0. The van der Waals surface area contributed by atoms with Crippen molar-refractivity contribution in [2.45, 2.75) is 19.4 Å². The molecule has 0 aliphatic carbocycles. The maximum absolute atomic E-state index is 11.8. The van der Waals surface area contributed by atoms with Crippen molar-refractivity contribution in [3.63, 3.8) is 0 Å². The second kappa shape index (κ2) is 5.41. The van der Waals surface area contributed by atoms with Crippen LogP contribution in [0.5, 0.6) is 0 Å². The quantitative estimate of drug-likeness (QED) is 0.845. The minimum Gasteiger partial charge on any atom is -0.382 e. The average molecular weight is 233 g/mol. The summed E-state index contributed by atoms with van der Waals surface area (Å²) in [6.45, 7) is 4.13. The number of nitrogens with zero attached hydrogens (tertiary/aromatic N) is 2. The molecular formula is C12H15N3O2. The van der Waals surface area contributed by atoms with Gasteiger partial charge >= 0.3 is 0 Å². The van der Waals surface area contributed by atoms with Gasteiger partial charge in [0.1, 0.15) is 11.8 Å². The van der Waals surface area contributed by atoms with Crippen molar-refractivity contribution < 1.29 is 9.53 Å². The number of carbonyl (C=O) groups excluding carboxylic acids is 1. The summed E-state index contributed by atoms with van der Waals surface area (Å²) in [5, 5.41) is 11.4. The van der Waals surface area contributed by atoms with Crippen LogP contribution < -0.4 is 5.32 Å². The Hall–Kier alpha value is -1.93. The van der Waals surface area contributed by atoms with Crippen LogP contribution in [0.15, 0.2) is 18.3 Å². The molecule has 1 rings (SSSR count). The molecule has 1 aromatic rings. The van der Waals surface area contributed by atoms with Crippen molar-refractivity contribution in [1.29, 1.82) is 5.26 Å². The van der Waals surface area contributed by atoms with Gasteiger partial charge in [-0.15, -0.1) is 0 Å². The molecule has 17 heavy (non-hydrogen) atoms. The van der Waals surface area contributed by atoms with Crippen LogP contribution in [0, 0.1) is 11.3 Å². The van der Waals surface area contributed by atoms with Gasteiger partial charge < -0.3 is 10.1 Å². The molecule has 0 fully saturated rings. The van der Waals surface area contributed by atoms with Gasteiger partial charge in [-0.1, -0.05) is 0 Å². The van der Waals surface area contributed by atoms with Crippen LogP contribution in [0.1, 0.15) is 29.9 Å². The fourth-order valence-electron chi connectivity index (χ4n) is 1.36. The standard InChI is InChI=1S/C12H15N3O2/c1-12(2,8-17-3)15-11(16)10-5-4-9(6-13)7-14-10/h4-5,7H,8H2,1-3H3,(H,15,16). The van der Waals surface area contributed by atoms with E-state index < -0.39 is 5.54 Å². The molecule has 5 nitrogen and oxygen atoms in total. The lowest BCUT2D eigenvalue weighted by Gasteiger charge is -2.24. The van der Waals surface area contributed by atoms with Gasteiger partial charge in [0, 0.05) is 13.3 Å². The first kappa shape index (κ1) is 13.1. The average Bonchev–Trinajstić information content (AvgIpc) is 2.28. The number of methoxy groups -OCH3 is 1. The first-order valence-corrected chi connectivity index (χ1v) is 5.16. The maximum atomic E-state index is 11.8. The van der Waals surface area contributed by atoms with Crippen LogP contribution >= 0.6 is 0 Å². The molecule has 0 saturated heterocycles. The Bertz CT molecular complexity index is 432. The summed E-state index contributed by atoms with van der Waals surface area (Å²) in [5.41, 5.74) is 0.257. The van der Waals surface area contributed by atoms with Crippen LogP contribution in [0.2, 0.25) is 0 Å². The lowest BCUT2D eigenvalue weighted by Crippen LogP contribution is -2.47. The van der Waals surface area contributed by atoms with Crippen LogP contribution in [0.25, 0.3) is 0 Å². The third kappa shape index (κ3) is 3.85. The van der Waals surface area contributed by atoms with Crippen molar-refractivity contribution in [1.82, 2.24) is 10.3 Å². The minimum atomic E-state index is -0.457. The van der Waals surface area contributed by atoms with Gasteiger partial charge in [-0.05, 0) is 26.0 Å². The predicted molar refractivity (Wildman–Crippen MR) is 62.4 cm³/mol. The fourth-order valence-corrected chi connectivity index (χ4v) is 1.36. The van der Waals surface area contributed by atoms with E-state index in [2.05, 4.69) is 10.3 Å². The Morgan fingerprint density at radius 1 is 1.59 bits per heavy atom. The molecule has 5 heteroatoms. The number of nitriles is 1. The summed E-state index contributed by atoms with van der Waals surface area (Å²) in [5.74, 6) is -0.281. The molecule has 0 aromatic carbocycles. The molecule has 1 heterocycles. The molecule has 0 saturated carbocycles. The van der Waals surface area contributed by atoms with E-state index in [0.29, 0.717) is 12.2 Å². The highest BCUT2D eigenvalue weighted by atomic mass is 16.5. The highest BCUT2D eigenvalue weighted by molar-refractivity contribution is 5.92. The van der Waals surface area contributed by atoms with E-state index in [1.54, 1.807) is 13.2 Å². The Labute approximate surface area is 100 Å². The molecule has 1 amide bonds. The van der Waals surface area contributed by atoms with Gasteiger partial charge in [0.25, 0.3) is 5.91 Å². The third-order valence-electron chi connectivity index (χ3n) is 2.08. The Balaban J connectivity index is 2.73. The Morgan fingerprint density at radius 2 is 2.29 bits per heavy atom. The van der Waals surface area contributed by atoms with E-state index in [9.17, 15) is 4.79 Å². The summed E-state index contributed by atoms with van der Waals surface area (Å²) in [4.78, 5) is 15.7. The van der Waals surface area contributed by atoms with E-state index in [0.717, 1.165) is 0 Å². The second-order valence-electron chi connectivity index (χ2n) is 4.31. The van der Waals surface area contributed by atoms with Crippen molar-refractivity contribution in [2.75, 3.05) is 13.7 Å². The monoisotopic (exact) mass is 233 g/mol. The topological polar surface area (TPSA) is 75.0 Å². The van der Waals surface area contributed by atoms with Gasteiger partial charge in [0.2, 0.25) is 0 Å². The summed E-state index contributed by atoms with van der Waals surface area (Å²) in [7, 11) is 1.58. The number of hydrogen-bond donors (Lipinski definition) is 1.